The first kappa shape index (κ1) is 16.2. The number of esters is 1. The van der Waals surface area contributed by atoms with Crippen molar-refractivity contribution < 1.29 is 23.4 Å². The second-order valence-electron chi connectivity index (χ2n) is 5.32. The van der Waals surface area contributed by atoms with Crippen LogP contribution in [-0.4, -0.2) is 18.7 Å². The third kappa shape index (κ3) is 4.00. The Labute approximate surface area is 139 Å². The first-order valence-corrected chi connectivity index (χ1v) is 7.61. The zero-order valence-electron chi connectivity index (χ0n) is 13.0. The summed E-state index contributed by atoms with van der Waals surface area (Å²) in [4.78, 5) is 11.5. The summed E-state index contributed by atoms with van der Waals surface area (Å²) in [6, 6.07) is 18.9. The fourth-order valence-electron chi connectivity index (χ4n) is 2.30. The molecule has 4 nitrogen and oxygen atoms in total. The van der Waals surface area contributed by atoms with E-state index in [1.165, 1.54) is 0 Å². The summed E-state index contributed by atoms with van der Waals surface area (Å²) >= 11 is 0. The van der Waals surface area contributed by atoms with Gasteiger partial charge in [-0.25, -0.2) is 9.18 Å². The highest BCUT2D eigenvalue weighted by atomic mass is 19.1. The molecule has 1 heterocycles. The molecule has 1 atom stereocenters. The summed E-state index contributed by atoms with van der Waals surface area (Å²) in [5.74, 6) is -0.965. The highest BCUT2D eigenvalue weighted by molar-refractivity contribution is 5.81. The van der Waals surface area contributed by atoms with Gasteiger partial charge >= 0.3 is 5.97 Å². The third-order valence-electron chi connectivity index (χ3n) is 3.52. The maximum Gasteiger partial charge on any atom is 0.354 e. The van der Waals surface area contributed by atoms with E-state index in [1.54, 1.807) is 0 Å². The second-order valence-corrected chi connectivity index (χ2v) is 5.32. The van der Waals surface area contributed by atoms with Gasteiger partial charge < -0.3 is 14.2 Å². The van der Waals surface area contributed by atoms with Crippen molar-refractivity contribution in [1.82, 2.24) is 0 Å². The van der Waals surface area contributed by atoms with Crippen molar-refractivity contribution in [3.63, 3.8) is 0 Å². The van der Waals surface area contributed by atoms with E-state index in [0.29, 0.717) is 6.61 Å². The van der Waals surface area contributed by atoms with Gasteiger partial charge in [-0.1, -0.05) is 60.7 Å². The van der Waals surface area contributed by atoms with E-state index in [-0.39, 0.29) is 24.7 Å². The van der Waals surface area contributed by atoms with Crippen molar-refractivity contribution in [1.29, 1.82) is 0 Å². The molecule has 0 saturated carbocycles. The van der Waals surface area contributed by atoms with Gasteiger partial charge in [-0.05, 0) is 11.1 Å². The number of halogens is 1. The molecule has 0 bridgehead atoms. The molecule has 0 saturated heterocycles. The molecular formula is C19H17FO4. The number of hydrogen-bond donors (Lipinski definition) is 0. The van der Waals surface area contributed by atoms with E-state index in [9.17, 15) is 9.18 Å². The van der Waals surface area contributed by atoms with Crippen molar-refractivity contribution >= 4 is 5.97 Å². The first-order chi connectivity index (χ1) is 11.7. The Balaban J connectivity index is 1.61. The minimum absolute atomic E-state index is 0.0226. The van der Waals surface area contributed by atoms with Crippen LogP contribution in [-0.2, 0) is 32.2 Å². The molecular weight excluding hydrogens is 311 g/mol. The Morgan fingerprint density at radius 1 is 0.875 bits per heavy atom. The number of hydrogen-bond acceptors (Lipinski definition) is 4. The zero-order valence-corrected chi connectivity index (χ0v) is 13.0. The van der Waals surface area contributed by atoms with Gasteiger partial charge in [-0.3, -0.25) is 0 Å². The van der Waals surface area contributed by atoms with Crippen LogP contribution >= 0.6 is 0 Å². The van der Waals surface area contributed by atoms with Crippen LogP contribution in [0.1, 0.15) is 11.1 Å². The monoisotopic (exact) mass is 328 g/mol. The lowest BCUT2D eigenvalue weighted by atomic mass is 10.2. The van der Waals surface area contributed by atoms with Gasteiger partial charge in [0.1, 0.15) is 13.2 Å². The smallest absolute Gasteiger partial charge is 0.354 e. The second kappa shape index (κ2) is 7.75. The molecule has 0 aliphatic carbocycles. The van der Waals surface area contributed by atoms with E-state index < -0.39 is 12.1 Å². The van der Waals surface area contributed by atoms with E-state index in [2.05, 4.69) is 0 Å². The minimum atomic E-state index is -1.90. The van der Waals surface area contributed by atoms with E-state index in [0.717, 1.165) is 11.1 Å². The number of alkyl halides is 1. The van der Waals surface area contributed by atoms with E-state index >= 15 is 0 Å². The Morgan fingerprint density at radius 2 is 1.46 bits per heavy atom. The minimum Gasteiger partial charge on any atom is -0.486 e. The molecule has 2 aromatic rings. The van der Waals surface area contributed by atoms with Gasteiger partial charge in [0.2, 0.25) is 0 Å². The van der Waals surface area contributed by atoms with Crippen LogP contribution in [0.2, 0.25) is 0 Å². The van der Waals surface area contributed by atoms with E-state index in [4.69, 9.17) is 14.2 Å². The summed E-state index contributed by atoms with van der Waals surface area (Å²) in [6.45, 7) is 0.478. The largest absolute Gasteiger partial charge is 0.486 e. The van der Waals surface area contributed by atoms with Crippen LogP contribution in [0.25, 0.3) is 0 Å². The lowest BCUT2D eigenvalue weighted by molar-refractivity contribution is -0.142. The Bertz CT molecular complexity index is 713. The summed E-state index contributed by atoms with van der Waals surface area (Å²) in [5, 5.41) is 0. The van der Waals surface area contributed by atoms with Crippen LogP contribution in [0.15, 0.2) is 72.2 Å². The molecule has 5 heteroatoms. The van der Waals surface area contributed by atoms with Crippen LogP contribution in [0.4, 0.5) is 4.39 Å². The molecule has 0 radical (unpaired) electrons. The highest BCUT2D eigenvalue weighted by Crippen LogP contribution is 2.26. The number of carbonyl (C=O) groups is 1. The molecule has 3 rings (SSSR count). The summed E-state index contributed by atoms with van der Waals surface area (Å²) in [5.41, 5.74) is 1.85. The van der Waals surface area contributed by atoms with Gasteiger partial charge in [0, 0.05) is 0 Å². The van der Waals surface area contributed by atoms with Gasteiger partial charge in [-0.15, -0.1) is 0 Å². The maximum absolute atomic E-state index is 14.0. The van der Waals surface area contributed by atoms with Crippen LogP contribution in [0.3, 0.4) is 0 Å². The fourth-order valence-corrected chi connectivity index (χ4v) is 2.30. The average Bonchev–Trinajstić information content (AvgIpc) is 2.89. The number of carbonyl (C=O) groups excluding carboxylic acids is 1. The Kier molecular flexibility index (Phi) is 5.23. The Hall–Kier alpha value is -2.66. The lowest BCUT2D eigenvalue weighted by Gasteiger charge is -2.09. The lowest BCUT2D eigenvalue weighted by Crippen LogP contribution is -2.13. The van der Waals surface area contributed by atoms with Crippen molar-refractivity contribution in [3.8, 4) is 0 Å². The molecule has 1 aliphatic rings. The quantitative estimate of drug-likeness (QED) is 0.730. The molecule has 24 heavy (non-hydrogen) atoms. The topological polar surface area (TPSA) is 44.8 Å². The summed E-state index contributed by atoms with van der Waals surface area (Å²) in [6.07, 6.45) is -1.90. The van der Waals surface area contributed by atoms with Crippen LogP contribution < -0.4 is 0 Å². The normalized spacial score (nSPS) is 17.0. The number of benzene rings is 2. The van der Waals surface area contributed by atoms with Crippen molar-refractivity contribution in [2.75, 3.05) is 6.61 Å². The van der Waals surface area contributed by atoms with Crippen molar-refractivity contribution in [2.45, 2.75) is 19.4 Å². The number of rotatable bonds is 7. The van der Waals surface area contributed by atoms with Gasteiger partial charge in [0.05, 0.1) is 6.61 Å². The summed E-state index contributed by atoms with van der Waals surface area (Å²) < 4.78 is 29.9. The fraction of sp³-hybridized carbons (Fsp3) is 0.211. The molecule has 2 aromatic carbocycles. The molecule has 124 valence electrons. The Morgan fingerprint density at radius 3 is 2.08 bits per heavy atom. The van der Waals surface area contributed by atoms with E-state index in [1.807, 2.05) is 60.7 Å². The first-order valence-electron chi connectivity index (χ1n) is 7.61. The molecule has 0 aromatic heterocycles. The molecule has 0 spiro atoms. The number of ether oxygens (including phenoxy) is 3. The van der Waals surface area contributed by atoms with Crippen LogP contribution in [0, 0.1) is 0 Å². The van der Waals surface area contributed by atoms with Gasteiger partial charge in [-0.2, -0.15) is 0 Å². The maximum atomic E-state index is 14.0. The average molecular weight is 328 g/mol. The predicted octanol–water partition coefficient (Wildman–Crippen LogP) is 3.53. The zero-order chi connectivity index (χ0) is 16.8. The van der Waals surface area contributed by atoms with Crippen LogP contribution in [0.5, 0.6) is 0 Å². The third-order valence-corrected chi connectivity index (χ3v) is 3.52. The number of cyclic esters (lactones) is 1. The highest BCUT2D eigenvalue weighted by Gasteiger charge is 2.38. The molecule has 0 N–H and O–H groups in total. The molecule has 1 unspecified atom stereocenters. The van der Waals surface area contributed by atoms with Gasteiger partial charge in [0.15, 0.2) is 11.5 Å². The predicted molar refractivity (Wildman–Crippen MR) is 85.3 cm³/mol. The summed E-state index contributed by atoms with van der Waals surface area (Å²) in [7, 11) is 0. The SMILES string of the molecule is O=C1OC(COCc2ccccc2)=C(OCc2ccccc2)C1F. The molecule has 0 fully saturated rings. The van der Waals surface area contributed by atoms with Crippen molar-refractivity contribution in [2.24, 2.45) is 0 Å². The van der Waals surface area contributed by atoms with Crippen molar-refractivity contribution in [3.05, 3.63) is 83.3 Å². The molecule has 1 aliphatic heterocycles. The standard InChI is InChI=1S/C19H17FO4/c20-17-18(23-12-15-9-5-2-6-10-15)16(24-19(17)21)13-22-11-14-7-3-1-4-8-14/h1-10,17H,11-13H2. The molecule has 0 amide bonds. The van der Waals surface area contributed by atoms with Gasteiger partial charge in [0.25, 0.3) is 6.17 Å².